The van der Waals surface area contributed by atoms with Crippen LogP contribution in [0.25, 0.3) is 11.6 Å². The number of allylic oxidation sites excluding steroid dienone is 1. The number of rotatable bonds is 6. The molecule has 0 aliphatic heterocycles. The molecule has 0 radical (unpaired) electrons. The van der Waals surface area contributed by atoms with Gasteiger partial charge in [-0.2, -0.15) is 0 Å². The number of hydrogen-bond donors (Lipinski definition) is 0. The Bertz CT molecular complexity index is 1310. The summed E-state index contributed by atoms with van der Waals surface area (Å²) >= 11 is 0. The molecule has 0 spiro atoms. The van der Waals surface area contributed by atoms with Gasteiger partial charge in [-0.3, -0.25) is 9.59 Å². The van der Waals surface area contributed by atoms with Gasteiger partial charge in [0.15, 0.2) is 11.6 Å². The Balaban J connectivity index is 1.48. The van der Waals surface area contributed by atoms with E-state index in [1.165, 1.54) is 0 Å². The smallest absolute Gasteiger partial charge is 0.193 e. The second-order valence-corrected chi connectivity index (χ2v) is 8.42. The molecular weight excluding hydrogens is 404 g/mol. The molecule has 2 heteroatoms. The van der Waals surface area contributed by atoms with Gasteiger partial charge in [-0.05, 0) is 37.5 Å². The van der Waals surface area contributed by atoms with E-state index in [1.54, 1.807) is 0 Å². The lowest BCUT2D eigenvalue weighted by Crippen LogP contribution is -2.01. The van der Waals surface area contributed by atoms with E-state index in [1.807, 2.05) is 118 Å². The molecule has 0 saturated carbocycles. The average molecular weight is 431 g/mol. The SMILES string of the molecule is CC(=Cc1ccc(C(=O)c2ccc(C)cc2)cc1)c1ccc(C(=O)c2ccc(C)cc2)cc1. The van der Waals surface area contributed by atoms with Crippen LogP contribution in [0, 0.1) is 13.8 Å². The van der Waals surface area contributed by atoms with Crippen LogP contribution in [-0.4, -0.2) is 11.6 Å². The molecule has 0 aliphatic carbocycles. The molecule has 162 valence electrons. The number of ketones is 2. The van der Waals surface area contributed by atoms with Crippen LogP contribution in [0.1, 0.15) is 61.0 Å². The minimum Gasteiger partial charge on any atom is -0.289 e. The third-order valence-electron chi connectivity index (χ3n) is 5.79. The van der Waals surface area contributed by atoms with Gasteiger partial charge in [0.25, 0.3) is 0 Å². The molecule has 0 fully saturated rings. The van der Waals surface area contributed by atoms with Crippen molar-refractivity contribution >= 4 is 23.2 Å². The molecular formula is C31H26O2. The summed E-state index contributed by atoms with van der Waals surface area (Å²) in [6, 6.07) is 30.6. The molecule has 2 nitrogen and oxygen atoms in total. The third kappa shape index (κ3) is 5.24. The van der Waals surface area contributed by atoms with E-state index >= 15 is 0 Å². The molecule has 0 amide bonds. The Labute approximate surface area is 195 Å². The molecule has 0 heterocycles. The lowest BCUT2D eigenvalue weighted by atomic mass is 9.97. The molecule has 0 aliphatic rings. The fourth-order valence-electron chi connectivity index (χ4n) is 3.69. The molecule has 4 aromatic rings. The van der Waals surface area contributed by atoms with Gasteiger partial charge in [0.05, 0.1) is 0 Å². The van der Waals surface area contributed by atoms with Gasteiger partial charge in [0.2, 0.25) is 0 Å². The largest absolute Gasteiger partial charge is 0.289 e. The van der Waals surface area contributed by atoms with Gasteiger partial charge in [0.1, 0.15) is 0 Å². The first-order valence-corrected chi connectivity index (χ1v) is 11.0. The fourth-order valence-corrected chi connectivity index (χ4v) is 3.69. The van der Waals surface area contributed by atoms with Gasteiger partial charge in [-0.15, -0.1) is 0 Å². The van der Waals surface area contributed by atoms with Gasteiger partial charge in [0, 0.05) is 22.3 Å². The summed E-state index contributed by atoms with van der Waals surface area (Å²) in [5, 5.41) is 0. The van der Waals surface area contributed by atoms with Crippen LogP contribution in [-0.2, 0) is 0 Å². The summed E-state index contributed by atoms with van der Waals surface area (Å²) < 4.78 is 0. The zero-order valence-electron chi connectivity index (χ0n) is 19.1. The quantitative estimate of drug-likeness (QED) is 0.237. The number of aryl methyl sites for hydroxylation is 2. The van der Waals surface area contributed by atoms with Crippen molar-refractivity contribution in [3.05, 3.63) is 142 Å². The predicted octanol–water partition coefficient (Wildman–Crippen LogP) is 7.33. The van der Waals surface area contributed by atoms with Crippen LogP contribution in [0.15, 0.2) is 97.1 Å². The van der Waals surface area contributed by atoms with E-state index in [2.05, 4.69) is 6.08 Å². The van der Waals surface area contributed by atoms with Gasteiger partial charge in [-0.1, -0.05) is 114 Å². The van der Waals surface area contributed by atoms with Crippen molar-refractivity contribution in [3.63, 3.8) is 0 Å². The Morgan fingerprint density at radius 2 is 0.788 bits per heavy atom. The highest BCUT2D eigenvalue weighted by Crippen LogP contribution is 2.21. The van der Waals surface area contributed by atoms with Crippen LogP contribution in [0.4, 0.5) is 0 Å². The standard InChI is InChI=1S/C31H26O2/c1-21-4-10-26(11-5-21)30(32)28-14-8-24(9-15-28)20-23(3)25-16-18-29(19-17-25)31(33)27-12-6-22(2)7-13-27/h4-20H,1-3H3. The maximum atomic E-state index is 12.7. The molecule has 0 bridgehead atoms. The Morgan fingerprint density at radius 1 is 0.485 bits per heavy atom. The minimum atomic E-state index is 0.0242. The van der Waals surface area contributed by atoms with E-state index < -0.39 is 0 Å². The Hall–Kier alpha value is -4.04. The molecule has 0 N–H and O–H groups in total. The first-order valence-electron chi connectivity index (χ1n) is 11.0. The van der Waals surface area contributed by atoms with E-state index in [4.69, 9.17) is 0 Å². The summed E-state index contributed by atoms with van der Waals surface area (Å²) in [6.45, 7) is 6.06. The lowest BCUT2D eigenvalue weighted by Gasteiger charge is -2.06. The van der Waals surface area contributed by atoms with Crippen molar-refractivity contribution in [2.24, 2.45) is 0 Å². The van der Waals surface area contributed by atoms with Gasteiger partial charge < -0.3 is 0 Å². The van der Waals surface area contributed by atoms with Crippen molar-refractivity contribution in [2.75, 3.05) is 0 Å². The summed E-state index contributed by atoms with van der Waals surface area (Å²) in [7, 11) is 0. The summed E-state index contributed by atoms with van der Waals surface area (Å²) in [5.74, 6) is 0.0492. The molecule has 0 atom stereocenters. The van der Waals surface area contributed by atoms with E-state index in [0.29, 0.717) is 22.3 Å². The molecule has 0 aromatic heterocycles. The normalized spacial score (nSPS) is 11.3. The lowest BCUT2D eigenvalue weighted by molar-refractivity contribution is 0.103. The van der Waals surface area contributed by atoms with Crippen LogP contribution < -0.4 is 0 Å². The summed E-state index contributed by atoms with van der Waals surface area (Å²) in [5.41, 5.74) is 8.17. The Morgan fingerprint density at radius 3 is 1.18 bits per heavy atom. The molecule has 33 heavy (non-hydrogen) atoms. The zero-order valence-corrected chi connectivity index (χ0v) is 19.1. The van der Waals surface area contributed by atoms with Gasteiger partial charge in [-0.25, -0.2) is 0 Å². The maximum Gasteiger partial charge on any atom is 0.193 e. The van der Waals surface area contributed by atoms with Gasteiger partial charge >= 0.3 is 0 Å². The zero-order chi connectivity index (χ0) is 23.4. The fraction of sp³-hybridized carbons (Fsp3) is 0.0968. The molecule has 0 saturated heterocycles. The predicted molar refractivity (Wildman–Crippen MR) is 136 cm³/mol. The highest BCUT2D eigenvalue weighted by atomic mass is 16.1. The third-order valence-corrected chi connectivity index (χ3v) is 5.79. The van der Waals surface area contributed by atoms with Crippen LogP contribution in [0.3, 0.4) is 0 Å². The first-order chi connectivity index (χ1) is 15.9. The minimum absolute atomic E-state index is 0.0242. The topological polar surface area (TPSA) is 34.1 Å². The number of benzene rings is 4. The van der Waals surface area contributed by atoms with Crippen molar-refractivity contribution < 1.29 is 9.59 Å². The van der Waals surface area contributed by atoms with Crippen molar-refractivity contribution in [3.8, 4) is 0 Å². The van der Waals surface area contributed by atoms with Crippen LogP contribution in [0.2, 0.25) is 0 Å². The van der Waals surface area contributed by atoms with E-state index in [9.17, 15) is 9.59 Å². The second kappa shape index (κ2) is 9.62. The second-order valence-electron chi connectivity index (χ2n) is 8.42. The highest BCUT2D eigenvalue weighted by molar-refractivity contribution is 6.09. The van der Waals surface area contributed by atoms with Crippen LogP contribution >= 0.6 is 0 Å². The van der Waals surface area contributed by atoms with Crippen molar-refractivity contribution in [1.29, 1.82) is 0 Å². The van der Waals surface area contributed by atoms with Crippen LogP contribution in [0.5, 0.6) is 0 Å². The summed E-state index contributed by atoms with van der Waals surface area (Å²) in [6.07, 6.45) is 2.08. The highest BCUT2D eigenvalue weighted by Gasteiger charge is 2.10. The molecule has 4 rings (SSSR count). The van der Waals surface area contributed by atoms with E-state index in [-0.39, 0.29) is 11.6 Å². The monoisotopic (exact) mass is 430 g/mol. The Kier molecular flexibility index (Phi) is 6.46. The van der Waals surface area contributed by atoms with E-state index in [0.717, 1.165) is 27.8 Å². The number of carbonyl (C=O) groups is 2. The molecule has 4 aromatic carbocycles. The van der Waals surface area contributed by atoms with Crippen molar-refractivity contribution in [2.45, 2.75) is 20.8 Å². The number of carbonyl (C=O) groups excluding carboxylic acids is 2. The van der Waals surface area contributed by atoms with Crippen molar-refractivity contribution in [1.82, 2.24) is 0 Å². The summed E-state index contributed by atoms with van der Waals surface area (Å²) in [4.78, 5) is 25.4. The average Bonchev–Trinajstić information content (AvgIpc) is 2.85. The molecule has 0 unspecified atom stereocenters. The first kappa shape index (κ1) is 22.2. The maximum absolute atomic E-state index is 12.7. The number of hydrogen-bond acceptors (Lipinski definition) is 2.